The number of halogens is 1. The van der Waals surface area contributed by atoms with Crippen molar-refractivity contribution in [1.29, 1.82) is 0 Å². The lowest BCUT2D eigenvalue weighted by atomic mass is 9.94. The van der Waals surface area contributed by atoms with Gasteiger partial charge in [-0.3, -0.25) is 9.59 Å². The minimum Gasteiger partial charge on any atom is -0.497 e. The first-order chi connectivity index (χ1) is 13.1. The van der Waals surface area contributed by atoms with Crippen molar-refractivity contribution in [2.45, 2.75) is 32.1 Å². The Morgan fingerprint density at radius 3 is 2.32 bits per heavy atom. The number of nitrogens with zero attached hydrogens (tertiary/aromatic N) is 2. The zero-order chi connectivity index (χ0) is 19.2. The summed E-state index contributed by atoms with van der Waals surface area (Å²) in [7, 11) is 1.64. The van der Waals surface area contributed by atoms with Gasteiger partial charge in [0, 0.05) is 38.5 Å². The topological polar surface area (TPSA) is 75.9 Å². The number of hydrogen-bond donors (Lipinski definition) is 1. The standard InChI is InChI=1S/C21H31N3O3.ClH/c1-27-18-8-5-16(6-9-18)7-10-20(25)23-11-13-24(14-12-23)21(26)19-4-2-3-17(19)15-22;/h5-6,8-9,17,19H,2-4,7,10-15,22H2,1H3;1H/t17-,19-;/m1./s1. The molecular formula is C21H32ClN3O3. The van der Waals surface area contributed by atoms with Gasteiger partial charge in [0.15, 0.2) is 0 Å². The largest absolute Gasteiger partial charge is 0.497 e. The Hall–Kier alpha value is -1.79. The number of carbonyl (C=O) groups is 2. The maximum atomic E-state index is 12.8. The number of benzene rings is 1. The van der Waals surface area contributed by atoms with Crippen molar-refractivity contribution in [3.05, 3.63) is 29.8 Å². The Kier molecular flexibility index (Phi) is 8.58. The monoisotopic (exact) mass is 409 g/mol. The third-order valence-corrected chi connectivity index (χ3v) is 6.01. The van der Waals surface area contributed by atoms with Gasteiger partial charge in [0.1, 0.15) is 5.75 Å². The summed E-state index contributed by atoms with van der Waals surface area (Å²) in [6.45, 7) is 3.14. The highest BCUT2D eigenvalue weighted by Crippen LogP contribution is 2.32. The van der Waals surface area contributed by atoms with Crippen molar-refractivity contribution in [3.8, 4) is 5.75 Å². The van der Waals surface area contributed by atoms with Crippen molar-refractivity contribution < 1.29 is 14.3 Å². The Labute approximate surface area is 173 Å². The number of rotatable bonds is 6. The zero-order valence-electron chi connectivity index (χ0n) is 16.6. The van der Waals surface area contributed by atoms with Gasteiger partial charge in [-0.25, -0.2) is 0 Å². The van der Waals surface area contributed by atoms with E-state index >= 15 is 0 Å². The second kappa shape index (κ2) is 10.7. The summed E-state index contributed by atoms with van der Waals surface area (Å²) >= 11 is 0. The van der Waals surface area contributed by atoms with Gasteiger partial charge in [-0.2, -0.15) is 0 Å². The van der Waals surface area contributed by atoms with Crippen molar-refractivity contribution in [3.63, 3.8) is 0 Å². The van der Waals surface area contributed by atoms with Gasteiger partial charge in [0.2, 0.25) is 11.8 Å². The number of amides is 2. The van der Waals surface area contributed by atoms with Crippen LogP contribution in [0.3, 0.4) is 0 Å². The van der Waals surface area contributed by atoms with Crippen molar-refractivity contribution >= 4 is 24.2 Å². The van der Waals surface area contributed by atoms with Gasteiger partial charge in [-0.15, -0.1) is 12.4 Å². The lowest BCUT2D eigenvalue weighted by Gasteiger charge is -2.36. The van der Waals surface area contributed by atoms with Crippen LogP contribution in [0.1, 0.15) is 31.2 Å². The molecule has 2 fully saturated rings. The van der Waals surface area contributed by atoms with E-state index in [-0.39, 0.29) is 30.1 Å². The van der Waals surface area contributed by atoms with E-state index in [0.717, 1.165) is 37.0 Å². The number of hydrogen-bond acceptors (Lipinski definition) is 4. The highest BCUT2D eigenvalue weighted by atomic mass is 35.5. The third-order valence-electron chi connectivity index (χ3n) is 6.01. The molecule has 0 radical (unpaired) electrons. The summed E-state index contributed by atoms with van der Waals surface area (Å²) in [5, 5.41) is 0. The Morgan fingerprint density at radius 2 is 1.71 bits per heavy atom. The molecule has 0 unspecified atom stereocenters. The fourth-order valence-electron chi connectivity index (χ4n) is 4.26. The van der Waals surface area contributed by atoms with E-state index in [1.807, 2.05) is 34.1 Å². The summed E-state index contributed by atoms with van der Waals surface area (Å²) in [6.07, 6.45) is 4.35. The highest BCUT2D eigenvalue weighted by molar-refractivity contribution is 5.85. The van der Waals surface area contributed by atoms with Crippen molar-refractivity contribution in [1.82, 2.24) is 9.80 Å². The normalized spacial score (nSPS) is 21.9. The molecule has 0 spiro atoms. The summed E-state index contributed by atoms with van der Waals surface area (Å²) in [5.41, 5.74) is 6.95. The highest BCUT2D eigenvalue weighted by Gasteiger charge is 2.36. The molecule has 3 rings (SSSR count). The molecule has 1 aromatic rings. The van der Waals surface area contributed by atoms with E-state index < -0.39 is 0 Å². The van der Waals surface area contributed by atoms with Gasteiger partial charge in [-0.05, 0) is 49.4 Å². The fraction of sp³-hybridized carbons (Fsp3) is 0.619. The number of carbonyl (C=O) groups excluding carboxylic acids is 2. The third kappa shape index (κ3) is 5.39. The molecule has 1 aliphatic heterocycles. The van der Waals surface area contributed by atoms with Crippen LogP contribution in [0.2, 0.25) is 0 Å². The maximum absolute atomic E-state index is 12.8. The second-order valence-corrected chi connectivity index (χ2v) is 7.59. The van der Waals surface area contributed by atoms with E-state index in [1.165, 1.54) is 0 Å². The molecular weight excluding hydrogens is 378 g/mol. The lowest BCUT2D eigenvalue weighted by Crippen LogP contribution is -2.52. The molecule has 1 heterocycles. The molecule has 0 bridgehead atoms. The average Bonchev–Trinajstić information content (AvgIpc) is 3.20. The summed E-state index contributed by atoms with van der Waals surface area (Å²) < 4.78 is 5.16. The summed E-state index contributed by atoms with van der Waals surface area (Å²) in [6, 6.07) is 7.83. The maximum Gasteiger partial charge on any atom is 0.226 e. The average molecular weight is 410 g/mol. The molecule has 1 aliphatic carbocycles. The molecule has 1 saturated heterocycles. The van der Waals surface area contributed by atoms with E-state index in [0.29, 0.717) is 45.1 Å². The molecule has 2 amide bonds. The number of piperazine rings is 1. The van der Waals surface area contributed by atoms with E-state index in [9.17, 15) is 9.59 Å². The first-order valence-electron chi connectivity index (χ1n) is 10.0. The predicted molar refractivity (Wildman–Crippen MR) is 112 cm³/mol. The number of ether oxygens (including phenoxy) is 1. The SMILES string of the molecule is COc1ccc(CCC(=O)N2CCN(C(=O)[C@@H]3CCC[C@@H]3CN)CC2)cc1.Cl. The van der Waals surface area contributed by atoms with Crippen LogP contribution in [0.25, 0.3) is 0 Å². The predicted octanol–water partition coefficient (Wildman–Crippen LogP) is 2.10. The van der Waals surface area contributed by atoms with Crippen LogP contribution in [-0.4, -0.2) is 61.4 Å². The minimum atomic E-state index is 0. The molecule has 6 nitrogen and oxygen atoms in total. The molecule has 2 atom stereocenters. The quantitative estimate of drug-likeness (QED) is 0.780. The number of nitrogens with two attached hydrogens (primary N) is 1. The lowest BCUT2D eigenvalue weighted by molar-refractivity contribution is -0.142. The fourth-order valence-corrected chi connectivity index (χ4v) is 4.26. The molecule has 0 aromatic heterocycles. The van der Waals surface area contributed by atoms with Crippen LogP contribution < -0.4 is 10.5 Å². The Balaban J connectivity index is 0.00000280. The van der Waals surface area contributed by atoms with Crippen LogP contribution in [0.15, 0.2) is 24.3 Å². The van der Waals surface area contributed by atoms with Crippen LogP contribution >= 0.6 is 12.4 Å². The molecule has 2 N–H and O–H groups in total. The van der Waals surface area contributed by atoms with E-state index in [4.69, 9.17) is 10.5 Å². The molecule has 2 aliphatic rings. The van der Waals surface area contributed by atoms with Gasteiger partial charge in [0.05, 0.1) is 7.11 Å². The first kappa shape index (κ1) is 22.5. The zero-order valence-corrected chi connectivity index (χ0v) is 17.5. The van der Waals surface area contributed by atoms with Crippen LogP contribution in [0.4, 0.5) is 0 Å². The molecule has 28 heavy (non-hydrogen) atoms. The Bertz CT molecular complexity index is 645. The molecule has 1 saturated carbocycles. The molecule has 7 heteroatoms. The van der Waals surface area contributed by atoms with Crippen LogP contribution in [0.5, 0.6) is 5.75 Å². The van der Waals surface area contributed by atoms with Gasteiger partial charge in [-0.1, -0.05) is 18.6 Å². The second-order valence-electron chi connectivity index (χ2n) is 7.59. The minimum absolute atomic E-state index is 0. The van der Waals surface area contributed by atoms with E-state index in [2.05, 4.69) is 0 Å². The number of methoxy groups -OCH3 is 1. The smallest absolute Gasteiger partial charge is 0.226 e. The van der Waals surface area contributed by atoms with Gasteiger partial charge < -0.3 is 20.3 Å². The van der Waals surface area contributed by atoms with Crippen molar-refractivity contribution in [2.75, 3.05) is 39.8 Å². The molecule has 1 aromatic carbocycles. The van der Waals surface area contributed by atoms with Crippen LogP contribution in [0, 0.1) is 11.8 Å². The van der Waals surface area contributed by atoms with Crippen LogP contribution in [-0.2, 0) is 16.0 Å². The summed E-state index contributed by atoms with van der Waals surface area (Å²) in [5.74, 6) is 1.66. The van der Waals surface area contributed by atoms with Gasteiger partial charge in [0.25, 0.3) is 0 Å². The Morgan fingerprint density at radius 1 is 1.07 bits per heavy atom. The van der Waals surface area contributed by atoms with Gasteiger partial charge >= 0.3 is 0 Å². The number of aryl methyl sites for hydroxylation is 1. The molecule has 156 valence electrons. The summed E-state index contributed by atoms with van der Waals surface area (Å²) in [4.78, 5) is 29.1. The first-order valence-corrected chi connectivity index (χ1v) is 10.0. The van der Waals surface area contributed by atoms with E-state index in [1.54, 1.807) is 7.11 Å². The van der Waals surface area contributed by atoms with Crippen molar-refractivity contribution in [2.24, 2.45) is 17.6 Å².